The molecule has 128 valence electrons. The molecule has 1 aliphatic heterocycles. The molecular formula is C18H21ClN2O3. The molecule has 1 aromatic heterocycles. The zero-order valence-corrected chi connectivity index (χ0v) is 14.5. The van der Waals surface area contributed by atoms with E-state index >= 15 is 0 Å². The molecule has 0 aliphatic carbocycles. The van der Waals surface area contributed by atoms with Gasteiger partial charge in [0.25, 0.3) is 0 Å². The number of methoxy groups -OCH3 is 1. The van der Waals surface area contributed by atoms with Crippen molar-refractivity contribution in [1.29, 1.82) is 0 Å². The third-order valence-electron chi connectivity index (χ3n) is 4.72. The van der Waals surface area contributed by atoms with Gasteiger partial charge in [-0.05, 0) is 37.0 Å². The molecule has 3 rings (SSSR count). The molecule has 24 heavy (non-hydrogen) atoms. The van der Waals surface area contributed by atoms with E-state index in [4.69, 9.17) is 16.3 Å². The Morgan fingerprint density at radius 1 is 1.25 bits per heavy atom. The normalized spacial score (nSPS) is 15.7. The minimum atomic E-state index is -0.171. The average molecular weight is 349 g/mol. The molecule has 2 heterocycles. The highest BCUT2D eigenvalue weighted by Gasteiger charge is 2.24. The van der Waals surface area contributed by atoms with Crippen molar-refractivity contribution in [3.05, 3.63) is 35.5 Å². The molecule has 1 aromatic carbocycles. The van der Waals surface area contributed by atoms with Crippen LogP contribution in [0.15, 0.2) is 30.5 Å². The molecule has 0 radical (unpaired) electrons. The van der Waals surface area contributed by atoms with Crippen molar-refractivity contribution in [2.75, 3.05) is 20.2 Å². The maximum absolute atomic E-state index is 12.6. The first-order valence-corrected chi connectivity index (χ1v) is 8.54. The summed E-state index contributed by atoms with van der Waals surface area (Å²) in [6, 6.07) is 7.65. The standard InChI is InChI=1S/C18H21ClN2O3/c1-24-18(23)11-13-5-8-20(9-6-13)17(22)12-21-10-7-14-15(19)3-2-4-16(14)21/h2-4,7,10,13H,5-6,8-9,11-12H2,1H3. The van der Waals surface area contributed by atoms with Gasteiger partial charge in [0.15, 0.2) is 0 Å². The van der Waals surface area contributed by atoms with Crippen LogP contribution in [0.25, 0.3) is 10.9 Å². The molecule has 1 saturated heterocycles. The lowest BCUT2D eigenvalue weighted by atomic mass is 9.93. The van der Waals surface area contributed by atoms with Gasteiger partial charge in [0, 0.05) is 41.6 Å². The lowest BCUT2D eigenvalue weighted by Crippen LogP contribution is -2.40. The Hall–Kier alpha value is -2.01. The quantitative estimate of drug-likeness (QED) is 0.798. The van der Waals surface area contributed by atoms with E-state index in [2.05, 4.69) is 0 Å². The van der Waals surface area contributed by atoms with Crippen molar-refractivity contribution >= 4 is 34.4 Å². The van der Waals surface area contributed by atoms with Crippen molar-refractivity contribution in [3.8, 4) is 0 Å². The number of halogens is 1. The van der Waals surface area contributed by atoms with Gasteiger partial charge in [-0.25, -0.2) is 0 Å². The number of fused-ring (bicyclic) bond motifs is 1. The molecule has 2 aromatic rings. The number of ether oxygens (including phenoxy) is 1. The predicted molar refractivity (Wildman–Crippen MR) is 92.9 cm³/mol. The van der Waals surface area contributed by atoms with E-state index < -0.39 is 0 Å². The van der Waals surface area contributed by atoms with E-state index in [0.29, 0.717) is 37.0 Å². The molecule has 0 unspecified atom stereocenters. The van der Waals surface area contributed by atoms with Crippen LogP contribution < -0.4 is 0 Å². The number of piperidine rings is 1. The number of hydrogen-bond acceptors (Lipinski definition) is 3. The summed E-state index contributed by atoms with van der Waals surface area (Å²) >= 11 is 6.18. The van der Waals surface area contributed by atoms with Gasteiger partial charge in [-0.2, -0.15) is 0 Å². The molecule has 0 saturated carbocycles. The Labute approximate surface area is 146 Å². The number of aromatic nitrogens is 1. The van der Waals surface area contributed by atoms with Crippen LogP contribution in [0.4, 0.5) is 0 Å². The lowest BCUT2D eigenvalue weighted by Gasteiger charge is -2.31. The SMILES string of the molecule is COC(=O)CC1CCN(C(=O)Cn2ccc3c(Cl)cccc32)CC1. The van der Waals surface area contributed by atoms with Crippen molar-refractivity contribution < 1.29 is 14.3 Å². The van der Waals surface area contributed by atoms with Gasteiger partial charge < -0.3 is 14.2 Å². The van der Waals surface area contributed by atoms with Crippen molar-refractivity contribution in [3.63, 3.8) is 0 Å². The maximum atomic E-state index is 12.6. The first kappa shape index (κ1) is 16.8. The molecular weight excluding hydrogens is 328 g/mol. The Morgan fingerprint density at radius 2 is 2.00 bits per heavy atom. The summed E-state index contributed by atoms with van der Waals surface area (Å²) in [5, 5.41) is 1.66. The first-order valence-electron chi connectivity index (χ1n) is 8.16. The molecule has 1 amide bonds. The highest BCUT2D eigenvalue weighted by molar-refractivity contribution is 6.35. The summed E-state index contributed by atoms with van der Waals surface area (Å²) in [5.74, 6) is 0.243. The van der Waals surface area contributed by atoms with Crippen LogP contribution in [0.5, 0.6) is 0 Å². The van der Waals surface area contributed by atoms with Gasteiger partial charge in [-0.15, -0.1) is 0 Å². The maximum Gasteiger partial charge on any atom is 0.305 e. The third-order valence-corrected chi connectivity index (χ3v) is 5.05. The smallest absolute Gasteiger partial charge is 0.305 e. The van der Waals surface area contributed by atoms with Crippen LogP contribution in [-0.4, -0.2) is 41.5 Å². The molecule has 6 heteroatoms. The number of benzene rings is 1. The molecule has 1 aliphatic rings. The second-order valence-corrected chi connectivity index (χ2v) is 6.63. The van der Waals surface area contributed by atoms with Crippen LogP contribution in [0.3, 0.4) is 0 Å². The molecule has 0 atom stereocenters. The van der Waals surface area contributed by atoms with Crippen molar-refractivity contribution in [2.24, 2.45) is 5.92 Å². The average Bonchev–Trinajstić information content (AvgIpc) is 3.00. The highest BCUT2D eigenvalue weighted by Crippen LogP contribution is 2.25. The Bertz CT molecular complexity index is 748. The predicted octanol–water partition coefficient (Wildman–Crippen LogP) is 3.10. The number of rotatable bonds is 4. The fraction of sp³-hybridized carbons (Fsp3) is 0.444. The van der Waals surface area contributed by atoms with E-state index in [0.717, 1.165) is 23.7 Å². The van der Waals surface area contributed by atoms with Crippen molar-refractivity contribution in [2.45, 2.75) is 25.8 Å². The van der Waals surface area contributed by atoms with Crippen LogP contribution in [0, 0.1) is 5.92 Å². The largest absolute Gasteiger partial charge is 0.469 e. The molecule has 1 fully saturated rings. The fourth-order valence-corrected chi connectivity index (χ4v) is 3.51. The third kappa shape index (κ3) is 3.56. The van der Waals surface area contributed by atoms with Gasteiger partial charge in [0.2, 0.25) is 5.91 Å². The highest BCUT2D eigenvalue weighted by atomic mass is 35.5. The Kier molecular flexibility index (Phi) is 5.09. The van der Waals surface area contributed by atoms with Crippen molar-refractivity contribution in [1.82, 2.24) is 9.47 Å². The minimum Gasteiger partial charge on any atom is -0.469 e. The number of likely N-dealkylation sites (tertiary alicyclic amines) is 1. The van der Waals surface area contributed by atoms with Gasteiger partial charge in [-0.3, -0.25) is 9.59 Å². The monoisotopic (exact) mass is 348 g/mol. The van der Waals surface area contributed by atoms with Crippen LogP contribution in [0.2, 0.25) is 5.02 Å². The number of amides is 1. The van der Waals surface area contributed by atoms with Crippen LogP contribution in [0.1, 0.15) is 19.3 Å². The summed E-state index contributed by atoms with van der Waals surface area (Å²) in [5.41, 5.74) is 0.969. The number of carbonyl (C=O) groups excluding carboxylic acids is 2. The number of nitrogens with zero attached hydrogens (tertiary/aromatic N) is 2. The first-order chi connectivity index (χ1) is 11.6. The van der Waals surface area contributed by atoms with E-state index in [-0.39, 0.29) is 11.9 Å². The van der Waals surface area contributed by atoms with Gasteiger partial charge in [-0.1, -0.05) is 17.7 Å². The zero-order valence-electron chi connectivity index (χ0n) is 13.7. The topological polar surface area (TPSA) is 51.5 Å². The molecule has 0 N–H and O–H groups in total. The second-order valence-electron chi connectivity index (χ2n) is 6.22. The molecule has 5 nitrogen and oxygen atoms in total. The van der Waals surface area contributed by atoms with E-state index in [1.165, 1.54) is 7.11 Å². The van der Waals surface area contributed by atoms with E-state index in [1.807, 2.05) is 39.9 Å². The van der Waals surface area contributed by atoms with Gasteiger partial charge >= 0.3 is 5.97 Å². The Balaban J connectivity index is 1.60. The van der Waals surface area contributed by atoms with E-state index in [9.17, 15) is 9.59 Å². The summed E-state index contributed by atoms with van der Waals surface area (Å²) < 4.78 is 6.65. The number of carbonyl (C=O) groups is 2. The second kappa shape index (κ2) is 7.26. The summed E-state index contributed by atoms with van der Waals surface area (Å²) in [4.78, 5) is 25.8. The lowest BCUT2D eigenvalue weighted by molar-refractivity contribution is -0.142. The zero-order chi connectivity index (χ0) is 17.1. The summed E-state index contributed by atoms with van der Waals surface area (Å²) in [7, 11) is 1.41. The number of esters is 1. The van der Waals surface area contributed by atoms with Gasteiger partial charge in [0.1, 0.15) is 6.54 Å². The van der Waals surface area contributed by atoms with Crippen LogP contribution >= 0.6 is 11.6 Å². The van der Waals surface area contributed by atoms with E-state index in [1.54, 1.807) is 0 Å². The summed E-state index contributed by atoms with van der Waals surface area (Å²) in [6.45, 7) is 1.70. The summed E-state index contributed by atoms with van der Waals surface area (Å²) in [6.07, 6.45) is 4.04. The fourth-order valence-electron chi connectivity index (χ4n) is 3.28. The molecule has 0 bridgehead atoms. The molecule has 0 spiro atoms. The minimum absolute atomic E-state index is 0.101. The van der Waals surface area contributed by atoms with Gasteiger partial charge in [0.05, 0.1) is 7.11 Å². The Morgan fingerprint density at radius 3 is 2.71 bits per heavy atom. The van der Waals surface area contributed by atoms with Crippen LogP contribution in [-0.2, 0) is 20.9 Å². The number of hydrogen-bond donors (Lipinski definition) is 0.